The number of amides is 1. The number of benzene rings is 2. The molecule has 3 atom stereocenters. The third-order valence-corrected chi connectivity index (χ3v) is 6.96. The van der Waals surface area contributed by atoms with Crippen LogP contribution in [0.25, 0.3) is 10.8 Å². The zero-order chi connectivity index (χ0) is 22.7. The summed E-state index contributed by atoms with van der Waals surface area (Å²) >= 11 is 0. The highest BCUT2D eigenvalue weighted by atomic mass is 16.2. The Labute approximate surface area is 190 Å². The molecule has 0 radical (unpaired) electrons. The van der Waals surface area contributed by atoms with E-state index in [0.29, 0.717) is 18.9 Å². The van der Waals surface area contributed by atoms with Crippen molar-refractivity contribution in [3.8, 4) is 0 Å². The van der Waals surface area contributed by atoms with Crippen molar-refractivity contribution in [3.63, 3.8) is 0 Å². The van der Waals surface area contributed by atoms with E-state index in [0.717, 1.165) is 55.0 Å². The number of fused-ring (bicyclic) bond motifs is 1. The van der Waals surface area contributed by atoms with Gasteiger partial charge in [0.15, 0.2) is 5.78 Å². The normalized spacial score (nSPS) is 19.8. The summed E-state index contributed by atoms with van der Waals surface area (Å²) in [5.41, 5.74) is 12.0. The van der Waals surface area contributed by atoms with Gasteiger partial charge in [0, 0.05) is 5.69 Å². The van der Waals surface area contributed by atoms with Gasteiger partial charge in [-0.05, 0) is 80.3 Å². The van der Waals surface area contributed by atoms with Gasteiger partial charge in [-0.1, -0.05) is 43.2 Å². The zero-order valence-electron chi connectivity index (χ0n) is 19.0. The number of ketones is 1. The number of hydrogen-bond donors (Lipinski definition) is 4. The Morgan fingerprint density at radius 2 is 1.81 bits per heavy atom. The number of anilines is 1. The molecule has 0 saturated heterocycles. The largest absolute Gasteiger partial charge is 0.330 e. The number of carbonyl (C=O) groups excluding carboxylic acids is 2. The second-order valence-corrected chi connectivity index (χ2v) is 9.71. The van der Waals surface area contributed by atoms with Crippen molar-refractivity contribution >= 4 is 28.2 Å². The van der Waals surface area contributed by atoms with Crippen LogP contribution in [0.2, 0.25) is 0 Å². The Bertz CT molecular complexity index is 969. The van der Waals surface area contributed by atoms with Crippen LogP contribution in [0, 0.1) is 11.8 Å². The van der Waals surface area contributed by atoms with Gasteiger partial charge in [-0.25, -0.2) is 0 Å². The van der Waals surface area contributed by atoms with Gasteiger partial charge in [-0.3, -0.25) is 14.9 Å². The third-order valence-electron chi connectivity index (χ3n) is 6.96. The molecule has 0 aromatic heterocycles. The van der Waals surface area contributed by atoms with E-state index in [1.54, 1.807) is 0 Å². The number of nitrogens with one attached hydrogen (secondary N) is 2. The summed E-state index contributed by atoms with van der Waals surface area (Å²) in [4.78, 5) is 26.7. The van der Waals surface area contributed by atoms with Crippen LogP contribution < -0.4 is 22.1 Å². The van der Waals surface area contributed by atoms with Crippen molar-refractivity contribution in [1.82, 2.24) is 5.32 Å². The van der Waals surface area contributed by atoms with Crippen LogP contribution in [0.5, 0.6) is 0 Å². The van der Waals surface area contributed by atoms with Crippen LogP contribution in [0.3, 0.4) is 0 Å². The molecule has 6 nitrogen and oxygen atoms in total. The van der Waals surface area contributed by atoms with E-state index < -0.39 is 17.6 Å². The quantitative estimate of drug-likeness (QED) is 0.408. The third kappa shape index (κ3) is 5.20. The van der Waals surface area contributed by atoms with Crippen molar-refractivity contribution in [1.29, 1.82) is 0 Å². The molecule has 2 aromatic rings. The standard InChI is InChI=1S/C26H36N4O2/c1-17(25(32)29-22-13-10-19-5-2-3-6-20(19)15-22)30-26(21-11-12-21,16-18-8-9-18)24(31)23(28)7-4-14-27/h2-3,5-6,10,13,15,17-18,21,23,30H,4,7-9,11-12,14,16,27-28H2,1H3,(H,29,32)/t17-,23+,26?/m0/s1. The van der Waals surface area contributed by atoms with Crippen LogP contribution in [0.15, 0.2) is 42.5 Å². The monoisotopic (exact) mass is 436 g/mol. The zero-order valence-corrected chi connectivity index (χ0v) is 19.0. The van der Waals surface area contributed by atoms with Crippen molar-refractivity contribution in [2.75, 3.05) is 11.9 Å². The summed E-state index contributed by atoms with van der Waals surface area (Å²) in [7, 11) is 0. The summed E-state index contributed by atoms with van der Waals surface area (Å²) in [5, 5.41) is 8.74. The van der Waals surface area contributed by atoms with Gasteiger partial charge in [0.1, 0.15) is 0 Å². The maximum Gasteiger partial charge on any atom is 0.241 e. The molecule has 32 heavy (non-hydrogen) atoms. The predicted molar refractivity (Wildman–Crippen MR) is 129 cm³/mol. The average Bonchev–Trinajstić information content (AvgIpc) is 3.70. The predicted octanol–water partition coefficient (Wildman–Crippen LogP) is 3.34. The summed E-state index contributed by atoms with van der Waals surface area (Å²) in [6, 6.07) is 12.9. The fourth-order valence-electron chi connectivity index (χ4n) is 4.84. The number of carbonyl (C=O) groups is 2. The lowest BCUT2D eigenvalue weighted by molar-refractivity contribution is -0.129. The lowest BCUT2D eigenvalue weighted by Crippen LogP contribution is -2.63. The lowest BCUT2D eigenvalue weighted by atomic mass is 9.78. The van der Waals surface area contributed by atoms with E-state index in [1.807, 2.05) is 49.4 Å². The second kappa shape index (κ2) is 9.69. The molecule has 4 rings (SSSR count). The Kier molecular flexibility index (Phi) is 6.93. The molecule has 0 bridgehead atoms. The number of nitrogens with two attached hydrogens (primary N) is 2. The molecule has 0 aliphatic heterocycles. The Hall–Kier alpha value is -2.28. The fraction of sp³-hybridized carbons (Fsp3) is 0.538. The van der Waals surface area contributed by atoms with Crippen molar-refractivity contribution in [2.24, 2.45) is 23.3 Å². The van der Waals surface area contributed by atoms with Crippen molar-refractivity contribution in [3.05, 3.63) is 42.5 Å². The first kappa shape index (κ1) is 22.9. The molecular weight excluding hydrogens is 400 g/mol. The molecule has 1 unspecified atom stereocenters. The highest BCUT2D eigenvalue weighted by Crippen LogP contribution is 2.48. The van der Waals surface area contributed by atoms with E-state index in [2.05, 4.69) is 10.6 Å². The van der Waals surface area contributed by atoms with E-state index in [-0.39, 0.29) is 17.6 Å². The molecule has 172 valence electrons. The Balaban J connectivity index is 1.49. The van der Waals surface area contributed by atoms with E-state index in [9.17, 15) is 9.59 Å². The first-order valence-corrected chi connectivity index (χ1v) is 12.0. The fourth-order valence-corrected chi connectivity index (χ4v) is 4.84. The highest BCUT2D eigenvalue weighted by molar-refractivity contribution is 5.99. The minimum atomic E-state index is -0.713. The topological polar surface area (TPSA) is 110 Å². The summed E-state index contributed by atoms with van der Waals surface area (Å²) in [6.45, 7) is 2.37. The van der Waals surface area contributed by atoms with Crippen LogP contribution in [0.1, 0.15) is 51.9 Å². The van der Waals surface area contributed by atoms with Crippen LogP contribution >= 0.6 is 0 Å². The molecule has 2 aliphatic rings. The lowest BCUT2D eigenvalue weighted by Gasteiger charge is -2.38. The summed E-state index contributed by atoms with van der Waals surface area (Å²) < 4.78 is 0. The second-order valence-electron chi connectivity index (χ2n) is 9.71. The maximum atomic E-state index is 13.6. The van der Waals surface area contributed by atoms with Crippen LogP contribution in [0.4, 0.5) is 5.69 Å². The van der Waals surface area contributed by atoms with Gasteiger partial charge in [0.05, 0.1) is 17.6 Å². The van der Waals surface area contributed by atoms with E-state index in [1.165, 1.54) is 0 Å². The average molecular weight is 437 g/mol. The minimum absolute atomic E-state index is 0.0608. The Morgan fingerprint density at radius 1 is 1.09 bits per heavy atom. The number of Topliss-reactive ketones (excluding diaryl/α,β-unsaturated/α-hetero) is 1. The van der Waals surface area contributed by atoms with Crippen molar-refractivity contribution < 1.29 is 9.59 Å². The molecule has 0 heterocycles. The van der Waals surface area contributed by atoms with Gasteiger partial charge in [0.25, 0.3) is 0 Å². The first-order chi connectivity index (χ1) is 15.4. The van der Waals surface area contributed by atoms with Crippen LogP contribution in [-0.4, -0.2) is 35.9 Å². The number of hydrogen-bond acceptors (Lipinski definition) is 5. The molecule has 6 N–H and O–H groups in total. The summed E-state index contributed by atoms with van der Waals surface area (Å²) in [6.07, 6.45) is 6.42. The van der Waals surface area contributed by atoms with Crippen molar-refractivity contribution in [2.45, 2.75) is 69.5 Å². The maximum absolute atomic E-state index is 13.6. The molecule has 2 fully saturated rings. The van der Waals surface area contributed by atoms with E-state index in [4.69, 9.17) is 11.5 Å². The number of rotatable bonds is 12. The first-order valence-electron chi connectivity index (χ1n) is 12.0. The van der Waals surface area contributed by atoms with Gasteiger partial charge >= 0.3 is 0 Å². The molecule has 0 spiro atoms. The molecular formula is C26H36N4O2. The minimum Gasteiger partial charge on any atom is -0.330 e. The van der Waals surface area contributed by atoms with Crippen LogP contribution in [-0.2, 0) is 9.59 Å². The van der Waals surface area contributed by atoms with E-state index >= 15 is 0 Å². The van der Waals surface area contributed by atoms with Gasteiger partial charge < -0.3 is 16.8 Å². The highest BCUT2D eigenvalue weighted by Gasteiger charge is 2.54. The molecule has 2 aliphatic carbocycles. The van der Waals surface area contributed by atoms with Gasteiger partial charge in [-0.15, -0.1) is 0 Å². The summed E-state index contributed by atoms with van der Waals surface area (Å²) in [5.74, 6) is 0.732. The Morgan fingerprint density at radius 3 is 2.47 bits per heavy atom. The molecule has 1 amide bonds. The van der Waals surface area contributed by atoms with Gasteiger partial charge in [0.2, 0.25) is 5.91 Å². The SMILES string of the molecule is C[C@H](NC(CC1CC1)(C(=O)[C@H](N)CCCN)C1CC1)C(=O)Nc1ccc2ccccc2c1. The molecule has 2 saturated carbocycles. The smallest absolute Gasteiger partial charge is 0.241 e. The molecule has 2 aromatic carbocycles. The van der Waals surface area contributed by atoms with Gasteiger partial charge in [-0.2, -0.15) is 0 Å². The molecule has 6 heteroatoms.